The van der Waals surface area contributed by atoms with E-state index in [0.29, 0.717) is 23.7 Å². The maximum atomic E-state index is 11.8. The monoisotopic (exact) mass is 363 g/mol. The van der Waals surface area contributed by atoms with Gasteiger partial charge in [0.15, 0.2) is 0 Å². The molecule has 116 valence electrons. The minimum atomic E-state index is -0.498. The number of hydrogen-bond donors (Lipinski definition) is 2. The van der Waals surface area contributed by atoms with Gasteiger partial charge in [0.05, 0.1) is 17.9 Å². The van der Waals surface area contributed by atoms with E-state index in [0.717, 1.165) is 10.9 Å². The molecule has 0 bridgehead atoms. The SMILES string of the molecule is CCCC(N)C(=O)Nc1ccc(Oc2cccc(Br)c2)nc1. The van der Waals surface area contributed by atoms with Gasteiger partial charge in [-0.05, 0) is 30.7 Å². The molecule has 1 aromatic heterocycles. The summed E-state index contributed by atoms with van der Waals surface area (Å²) in [4.78, 5) is 16.0. The number of ether oxygens (including phenoxy) is 1. The molecule has 5 nitrogen and oxygen atoms in total. The summed E-state index contributed by atoms with van der Waals surface area (Å²) in [6, 6.07) is 10.4. The van der Waals surface area contributed by atoms with Crippen LogP contribution >= 0.6 is 15.9 Å². The van der Waals surface area contributed by atoms with Crippen molar-refractivity contribution in [3.63, 3.8) is 0 Å². The van der Waals surface area contributed by atoms with Crippen LogP contribution in [0.5, 0.6) is 11.6 Å². The van der Waals surface area contributed by atoms with Crippen molar-refractivity contribution in [3.8, 4) is 11.6 Å². The molecule has 2 rings (SSSR count). The maximum absolute atomic E-state index is 11.8. The molecular weight excluding hydrogens is 346 g/mol. The van der Waals surface area contributed by atoms with Crippen molar-refractivity contribution in [1.82, 2.24) is 4.98 Å². The van der Waals surface area contributed by atoms with Gasteiger partial charge in [0.25, 0.3) is 0 Å². The van der Waals surface area contributed by atoms with Crippen LogP contribution < -0.4 is 15.8 Å². The number of anilines is 1. The van der Waals surface area contributed by atoms with Crippen LogP contribution in [0.1, 0.15) is 19.8 Å². The average Bonchev–Trinajstić information content (AvgIpc) is 2.49. The number of benzene rings is 1. The van der Waals surface area contributed by atoms with Gasteiger partial charge < -0.3 is 15.8 Å². The minimum absolute atomic E-state index is 0.204. The van der Waals surface area contributed by atoms with E-state index in [4.69, 9.17) is 10.5 Å². The van der Waals surface area contributed by atoms with Crippen molar-refractivity contribution in [2.75, 3.05) is 5.32 Å². The van der Waals surface area contributed by atoms with Crippen molar-refractivity contribution in [3.05, 3.63) is 47.1 Å². The quantitative estimate of drug-likeness (QED) is 0.819. The Balaban J connectivity index is 1.97. The zero-order chi connectivity index (χ0) is 15.9. The van der Waals surface area contributed by atoms with Gasteiger partial charge in [-0.3, -0.25) is 4.79 Å². The van der Waals surface area contributed by atoms with Gasteiger partial charge in [0, 0.05) is 10.5 Å². The van der Waals surface area contributed by atoms with Gasteiger partial charge in [-0.25, -0.2) is 4.98 Å². The number of rotatable bonds is 6. The van der Waals surface area contributed by atoms with Crippen molar-refractivity contribution in [1.29, 1.82) is 0 Å². The molecule has 1 aromatic carbocycles. The number of pyridine rings is 1. The van der Waals surface area contributed by atoms with Crippen LogP contribution in [-0.2, 0) is 4.79 Å². The van der Waals surface area contributed by atoms with E-state index in [1.165, 1.54) is 0 Å². The fourth-order valence-electron chi connectivity index (χ4n) is 1.84. The Hall–Kier alpha value is -1.92. The van der Waals surface area contributed by atoms with Crippen LogP contribution in [0.15, 0.2) is 47.1 Å². The molecule has 22 heavy (non-hydrogen) atoms. The number of carbonyl (C=O) groups is 1. The number of nitrogens with one attached hydrogen (secondary N) is 1. The van der Waals surface area contributed by atoms with Gasteiger partial charge >= 0.3 is 0 Å². The van der Waals surface area contributed by atoms with Crippen LogP contribution in [0.25, 0.3) is 0 Å². The molecule has 2 aromatic rings. The molecule has 1 heterocycles. The maximum Gasteiger partial charge on any atom is 0.241 e. The number of hydrogen-bond acceptors (Lipinski definition) is 4. The summed E-state index contributed by atoms with van der Waals surface area (Å²) >= 11 is 3.38. The third-order valence-electron chi connectivity index (χ3n) is 2.96. The number of nitrogens with zero attached hydrogens (tertiary/aromatic N) is 1. The topological polar surface area (TPSA) is 77.2 Å². The first-order valence-electron chi connectivity index (χ1n) is 7.04. The lowest BCUT2D eigenvalue weighted by Gasteiger charge is -2.11. The summed E-state index contributed by atoms with van der Waals surface area (Å²) in [7, 11) is 0. The van der Waals surface area contributed by atoms with Crippen molar-refractivity contribution >= 4 is 27.5 Å². The smallest absolute Gasteiger partial charge is 0.241 e. The molecule has 3 N–H and O–H groups in total. The van der Waals surface area contributed by atoms with Gasteiger partial charge in [-0.1, -0.05) is 35.3 Å². The Morgan fingerprint density at radius 1 is 1.41 bits per heavy atom. The van der Waals surface area contributed by atoms with Crippen LogP contribution in [-0.4, -0.2) is 16.9 Å². The highest BCUT2D eigenvalue weighted by Gasteiger charge is 2.12. The normalized spacial score (nSPS) is 11.8. The van der Waals surface area contributed by atoms with E-state index in [2.05, 4.69) is 26.2 Å². The Morgan fingerprint density at radius 2 is 2.23 bits per heavy atom. The molecule has 0 radical (unpaired) electrons. The van der Waals surface area contributed by atoms with Gasteiger partial charge in [0.1, 0.15) is 5.75 Å². The molecule has 1 amide bonds. The third kappa shape index (κ3) is 4.82. The predicted molar refractivity (Wildman–Crippen MR) is 90.0 cm³/mol. The summed E-state index contributed by atoms with van der Waals surface area (Å²) < 4.78 is 6.56. The number of halogens is 1. The minimum Gasteiger partial charge on any atom is -0.439 e. The largest absolute Gasteiger partial charge is 0.439 e. The first-order chi connectivity index (χ1) is 10.6. The molecule has 0 aliphatic heterocycles. The first kappa shape index (κ1) is 16.5. The Bertz CT molecular complexity index is 632. The van der Waals surface area contributed by atoms with Crippen molar-refractivity contribution in [2.45, 2.75) is 25.8 Å². The molecule has 0 spiro atoms. The van der Waals surface area contributed by atoms with Crippen LogP contribution in [0.2, 0.25) is 0 Å². The fraction of sp³-hybridized carbons (Fsp3) is 0.250. The summed E-state index contributed by atoms with van der Waals surface area (Å²) in [6.07, 6.45) is 3.07. The second kappa shape index (κ2) is 7.91. The molecule has 0 fully saturated rings. The lowest BCUT2D eigenvalue weighted by Crippen LogP contribution is -2.35. The molecule has 0 saturated heterocycles. The standard InChI is InChI=1S/C16H18BrN3O2/c1-2-4-14(18)16(21)20-12-7-8-15(19-10-12)22-13-6-3-5-11(17)9-13/h3,5-10,14H,2,4,18H2,1H3,(H,20,21). The molecular formula is C16H18BrN3O2. The highest BCUT2D eigenvalue weighted by molar-refractivity contribution is 9.10. The summed E-state index contributed by atoms with van der Waals surface area (Å²) in [6.45, 7) is 1.99. The Kier molecular flexibility index (Phi) is 5.91. The lowest BCUT2D eigenvalue weighted by molar-refractivity contribution is -0.117. The van der Waals surface area contributed by atoms with Crippen LogP contribution in [0, 0.1) is 0 Å². The van der Waals surface area contributed by atoms with E-state index in [1.54, 1.807) is 18.3 Å². The average molecular weight is 364 g/mol. The first-order valence-corrected chi connectivity index (χ1v) is 7.83. The van der Waals surface area contributed by atoms with Crippen LogP contribution in [0.4, 0.5) is 5.69 Å². The highest BCUT2D eigenvalue weighted by atomic mass is 79.9. The van der Waals surface area contributed by atoms with E-state index < -0.39 is 6.04 Å². The second-order valence-electron chi connectivity index (χ2n) is 4.83. The highest BCUT2D eigenvalue weighted by Crippen LogP contribution is 2.23. The molecule has 0 aliphatic rings. The molecule has 1 unspecified atom stereocenters. The lowest BCUT2D eigenvalue weighted by atomic mass is 10.1. The second-order valence-corrected chi connectivity index (χ2v) is 5.74. The molecule has 6 heteroatoms. The predicted octanol–water partition coefficient (Wildman–Crippen LogP) is 3.70. The van der Waals surface area contributed by atoms with E-state index in [-0.39, 0.29) is 5.91 Å². The van der Waals surface area contributed by atoms with E-state index in [1.807, 2.05) is 31.2 Å². The molecule has 1 atom stereocenters. The van der Waals surface area contributed by atoms with Crippen molar-refractivity contribution in [2.24, 2.45) is 5.73 Å². The molecule has 0 aliphatic carbocycles. The summed E-state index contributed by atoms with van der Waals surface area (Å²) in [5.41, 5.74) is 6.36. The summed E-state index contributed by atoms with van der Waals surface area (Å²) in [5, 5.41) is 2.74. The van der Waals surface area contributed by atoms with Gasteiger partial charge in [-0.15, -0.1) is 0 Å². The van der Waals surface area contributed by atoms with Crippen LogP contribution in [0.3, 0.4) is 0 Å². The number of carbonyl (C=O) groups excluding carboxylic acids is 1. The van der Waals surface area contributed by atoms with Gasteiger partial charge in [0.2, 0.25) is 11.8 Å². The zero-order valence-corrected chi connectivity index (χ0v) is 13.8. The Labute approximate surface area is 138 Å². The summed E-state index contributed by atoms with van der Waals surface area (Å²) in [5.74, 6) is 0.932. The Morgan fingerprint density at radius 3 is 2.86 bits per heavy atom. The number of nitrogens with two attached hydrogens (primary N) is 1. The molecule has 0 saturated carbocycles. The van der Waals surface area contributed by atoms with E-state index >= 15 is 0 Å². The fourth-order valence-corrected chi connectivity index (χ4v) is 2.22. The van der Waals surface area contributed by atoms with Gasteiger partial charge in [-0.2, -0.15) is 0 Å². The van der Waals surface area contributed by atoms with E-state index in [9.17, 15) is 4.79 Å². The zero-order valence-electron chi connectivity index (χ0n) is 12.3. The number of aromatic nitrogens is 1. The third-order valence-corrected chi connectivity index (χ3v) is 3.45. The number of amides is 1. The van der Waals surface area contributed by atoms with Crippen molar-refractivity contribution < 1.29 is 9.53 Å².